The third-order valence-corrected chi connectivity index (χ3v) is 6.40. The summed E-state index contributed by atoms with van der Waals surface area (Å²) in [4.78, 5) is 26.6. The van der Waals surface area contributed by atoms with E-state index in [1.165, 1.54) is 18.4 Å². The monoisotopic (exact) mass is 402 g/mol. The van der Waals surface area contributed by atoms with Gasteiger partial charge in [0.15, 0.2) is 5.78 Å². The van der Waals surface area contributed by atoms with E-state index in [1.54, 1.807) is 0 Å². The molecule has 3 atom stereocenters. The Morgan fingerprint density at radius 3 is 2.63 bits per heavy atom. The highest BCUT2D eigenvalue weighted by Gasteiger charge is 2.44. The number of thiophene rings is 1. The summed E-state index contributed by atoms with van der Waals surface area (Å²) in [5.41, 5.74) is 3.24. The van der Waals surface area contributed by atoms with Gasteiger partial charge in [0.1, 0.15) is 5.92 Å². The van der Waals surface area contributed by atoms with Crippen LogP contribution >= 0.6 is 22.9 Å². The Labute approximate surface area is 166 Å². The molecule has 2 aliphatic rings. The van der Waals surface area contributed by atoms with Gasteiger partial charge in [-0.2, -0.15) is 0 Å². The van der Waals surface area contributed by atoms with Crippen LogP contribution in [-0.2, 0) is 14.3 Å². The molecule has 2 aromatic rings. The van der Waals surface area contributed by atoms with E-state index < -0.39 is 11.9 Å². The van der Waals surface area contributed by atoms with Gasteiger partial charge in [0, 0.05) is 16.1 Å². The molecule has 0 spiro atoms. The smallest absolute Gasteiger partial charge is 0.316 e. The number of esters is 1. The summed E-state index contributed by atoms with van der Waals surface area (Å²) in [6.07, 6.45) is 0.590. The number of carbonyl (C=O) groups excluding carboxylic acids is 2. The highest BCUT2D eigenvalue weighted by Crippen LogP contribution is 2.45. The maximum Gasteiger partial charge on any atom is 0.316 e. The van der Waals surface area contributed by atoms with Crippen molar-refractivity contribution in [2.24, 2.45) is 11.8 Å². The van der Waals surface area contributed by atoms with Crippen LogP contribution in [0.25, 0.3) is 0 Å². The number of para-hydroxylation sites is 2. The number of hydrogen-bond acceptors (Lipinski definition) is 6. The van der Waals surface area contributed by atoms with Crippen LogP contribution in [0.15, 0.2) is 47.7 Å². The lowest BCUT2D eigenvalue weighted by Gasteiger charge is -2.32. The van der Waals surface area contributed by atoms with E-state index in [0.717, 1.165) is 21.9 Å². The topological polar surface area (TPSA) is 67.4 Å². The average Bonchev–Trinajstić information content (AvgIpc) is 3.00. The van der Waals surface area contributed by atoms with Gasteiger partial charge in [-0.25, -0.2) is 0 Å². The van der Waals surface area contributed by atoms with Crippen molar-refractivity contribution in [2.45, 2.75) is 19.4 Å². The quantitative estimate of drug-likeness (QED) is 0.566. The number of carbonyl (C=O) groups is 2. The standard InChI is InChI=1S/C20H19ClN2O3S/c1-10-9-13-17(19(24)16(10)20(25)26-2)18(14-7-8-15(21)27-14)23-12-6-4-3-5-11(12)22-13/h3-8,10,16,18,22-23H,9H2,1-2H3. The molecular formula is C20H19ClN2O3S. The number of nitrogens with one attached hydrogen (secondary N) is 2. The summed E-state index contributed by atoms with van der Waals surface area (Å²) in [6.45, 7) is 1.91. The number of ether oxygens (including phenoxy) is 1. The molecule has 4 rings (SSSR count). The molecule has 0 radical (unpaired) electrons. The molecule has 0 saturated heterocycles. The van der Waals surface area contributed by atoms with Crippen LogP contribution in [0.1, 0.15) is 24.3 Å². The number of methoxy groups -OCH3 is 1. The predicted molar refractivity (Wildman–Crippen MR) is 107 cm³/mol. The first-order valence-corrected chi connectivity index (χ1v) is 9.92. The van der Waals surface area contributed by atoms with Gasteiger partial charge in [-0.3, -0.25) is 9.59 Å². The summed E-state index contributed by atoms with van der Waals surface area (Å²) in [5.74, 6) is -1.62. The molecule has 1 aliphatic carbocycles. The zero-order valence-electron chi connectivity index (χ0n) is 14.9. The molecule has 27 heavy (non-hydrogen) atoms. The minimum Gasteiger partial charge on any atom is -0.468 e. The van der Waals surface area contributed by atoms with Gasteiger partial charge in [0.25, 0.3) is 0 Å². The van der Waals surface area contributed by atoms with Crippen LogP contribution in [-0.4, -0.2) is 18.9 Å². The molecule has 0 saturated carbocycles. The van der Waals surface area contributed by atoms with Gasteiger partial charge < -0.3 is 15.4 Å². The van der Waals surface area contributed by atoms with E-state index in [4.69, 9.17) is 16.3 Å². The second-order valence-electron chi connectivity index (χ2n) is 6.83. The van der Waals surface area contributed by atoms with Crippen molar-refractivity contribution in [3.05, 3.63) is 56.9 Å². The van der Waals surface area contributed by atoms with Crippen LogP contribution in [0, 0.1) is 11.8 Å². The van der Waals surface area contributed by atoms with Gasteiger partial charge in [-0.15, -0.1) is 11.3 Å². The number of halogens is 1. The SMILES string of the molecule is COC(=O)C1C(=O)C2=C(CC1C)Nc1ccccc1NC2c1ccc(Cl)s1. The highest BCUT2D eigenvalue weighted by atomic mass is 35.5. The Morgan fingerprint density at radius 1 is 1.22 bits per heavy atom. The van der Waals surface area contributed by atoms with Crippen LogP contribution in [0.4, 0.5) is 11.4 Å². The number of ketones is 1. The van der Waals surface area contributed by atoms with E-state index >= 15 is 0 Å². The van der Waals surface area contributed by atoms with Crippen LogP contribution in [0.2, 0.25) is 4.34 Å². The number of benzene rings is 1. The van der Waals surface area contributed by atoms with E-state index in [-0.39, 0.29) is 17.7 Å². The lowest BCUT2D eigenvalue weighted by atomic mass is 9.75. The number of allylic oxidation sites excluding steroid dienone is 1. The van der Waals surface area contributed by atoms with Crippen molar-refractivity contribution >= 4 is 46.1 Å². The van der Waals surface area contributed by atoms with Crippen molar-refractivity contribution in [1.29, 1.82) is 0 Å². The number of anilines is 2. The fraction of sp³-hybridized carbons (Fsp3) is 0.300. The summed E-state index contributed by atoms with van der Waals surface area (Å²) >= 11 is 7.58. The molecule has 0 bridgehead atoms. The summed E-state index contributed by atoms with van der Waals surface area (Å²) in [5, 5.41) is 6.89. The van der Waals surface area contributed by atoms with Crippen molar-refractivity contribution in [1.82, 2.24) is 0 Å². The zero-order chi connectivity index (χ0) is 19.1. The minimum absolute atomic E-state index is 0.144. The largest absolute Gasteiger partial charge is 0.468 e. The number of rotatable bonds is 2. The zero-order valence-corrected chi connectivity index (χ0v) is 16.5. The third kappa shape index (κ3) is 3.13. The van der Waals surface area contributed by atoms with Crippen LogP contribution in [0.5, 0.6) is 0 Å². The number of hydrogen-bond donors (Lipinski definition) is 2. The normalized spacial score (nSPS) is 24.3. The Bertz CT molecular complexity index is 952. The predicted octanol–water partition coefficient (Wildman–Crippen LogP) is 4.63. The fourth-order valence-electron chi connectivity index (χ4n) is 3.83. The molecule has 5 nitrogen and oxygen atoms in total. The Kier molecular flexibility index (Phi) is 4.70. The Morgan fingerprint density at radius 2 is 1.96 bits per heavy atom. The van der Waals surface area contributed by atoms with E-state index in [9.17, 15) is 9.59 Å². The Balaban J connectivity index is 1.86. The lowest BCUT2D eigenvalue weighted by Crippen LogP contribution is -2.39. The first-order chi connectivity index (χ1) is 13.0. The maximum absolute atomic E-state index is 13.4. The van der Waals surface area contributed by atoms with Crippen molar-refractivity contribution in [2.75, 3.05) is 17.7 Å². The van der Waals surface area contributed by atoms with Gasteiger partial charge >= 0.3 is 5.97 Å². The second-order valence-corrected chi connectivity index (χ2v) is 8.58. The molecule has 2 heterocycles. The molecule has 1 aromatic heterocycles. The minimum atomic E-state index is -0.795. The number of Topliss-reactive ketones (excluding diaryl/α,β-unsaturated/α-hetero) is 1. The third-order valence-electron chi connectivity index (χ3n) is 5.10. The maximum atomic E-state index is 13.4. The average molecular weight is 403 g/mol. The number of fused-ring (bicyclic) bond motifs is 1. The van der Waals surface area contributed by atoms with E-state index in [1.807, 2.05) is 43.3 Å². The van der Waals surface area contributed by atoms with E-state index in [2.05, 4.69) is 10.6 Å². The molecule has 0 fully saturated rings. The van der Waals surface area contributed by atoms with Crippen LogP contribution in [0.3, 0.4) is 0 Å². The summed E-state index contributed by atoms with van der Waals surface area (Å²) in [6, 6.07) is 11.2. The molecule has 1 aliphatic heterocycles. The first-order valence-electron chi connectivity index (χ1n) is 8.72. The van der Waals surface area contributed by atoms with Gasteiger partial charge in [-0.1, -0.05) is 30.7 Å². The first kappa shape index (κ1) is 18.1. The highest BCUT2D eigenvalue weighted by molar-refractivity contribution is 7.16. The van der Waals surface area contributed by atoms with Crippen LogP contribution < -0.4 is 10.6 Å². The van der Waals surface area contributed by atoms with Crippen molar-refractivity contribution in [3.63, 3.8) is 0 Å². The van der Waals surface area contributed by atoms with Crippen molar-refractivity contribution in [3.8, 4) is 0 Å². The second kappa shape index (κ2) is 7.02. The van der Waals surface area contributed by atoms with Gasteiger partial charge in [0.2, 0.25) is 0 Å². The van der Waals surface area contributed by atoms with Crippen molar-refractivity contribution < 1.29 is 14.3 Å². The molecule has 3 unspecified atom stereocenters. The van der Waals surface area contributed by atoms with Gasteiger partial charge in [0.05, 0.1) is 28.9 Å². The van der Waals surface area contributed by atoms with Gasteiger partial charge in [-0.05, 0) is 36.6 Å². The molecule has 0 amide bonds. The molecule has 1 aromatic carbocycles. The van der Waals surface area contributed by atoms with E-state index in [0.29, 0.717) is 16.3 Å². The molecule has 140 valence electrons. The molecule has 7 heteroatoms. The Hall–Kier alpha value is -2.31. The summed E-state index contributed by atoms with van der Waals surface area (Å²) in [7, 11) is 1.32. The molecule has 2 N–H and O–H groups in total. The summed E-state index contributed by atoms with van der Waals surface area (Å²) < 4.78 is 5.56. The fourth-order valence-corrected chi connectivity index (χ4v) is 4.95. The molecular weight excluding hydrogens is 384 g/mol. The lowest BCUT2D eigenvalue weighted by molar-refractivity contribution is -0.151.